The van der Waals surface area contributed by atoms with Crippen LogP contribution in [0.2, 0.25) is 0 Å². The quantitative estimate of drug-likeness (QED) is 0.588. The van der Waals surface area contributed by atoms with E-state index >= 15 is 0 Å². The molecular formula is C13H17BrO2. The Labute approximate surface area is 105 Å². The molecule has 0 saturated carbocycles. The van der Waals surface area contributed by atoms with Gasteiger partial charge in [0.2, 0.25) is 0 Å². The minimum atomic E-state index is 0.0440. The lowest BCUT2D eigenvalue weighted by Gasteiger charge is -2.14. The van der Waals surface area contributed by atoms with Crippen LogP contribution in [0.15, 0.2) is 24.3 Å². The number of ketones is 1. The zero-order valence-corrected chi connectivity index (χ0v) is 11.3. The average Bonchev–Trinajstić information content (AvgIpc) is 2.30. The maximum absolute atomic E-state index is 11.4. The van der Waals surface area contributed by atoms with E-state index in [0.717, 1.165) is 11.8 Å². The number of hydrogen-bond donors (Lipinski definition) is 0. The topological polar surface area (TPSA) is 26.3 Å². The number of rotatable bonds is 6. The molecule has 1 unspecified atom stereocenters. The number of Topliss-reactive ketones (excluding diaryl/α,β-unsaturated/α-hetero) is 1. The third kappa shape index (κ3) is 3.63. The zero-order valence-electron chi connectivity index (χ0n) is 9.70. The Morgan fingerprint density at radius 3 is 2.69 bits per heavy atom. The van der Waals surface area contributed by atoms with Gasteiger partial charge in [0.15, 0.2) is 5.78 Å². The van der Waals surface area contributed by atoms with Crippen molar-refractivity contribution in [3.8, 4) is 5.75 Å². The highest BCUT2D eigenvalue weighted by atomic mass is 79.9. The fraction of sp³-hybridized carbons (Fsp3) is 0.462. The fourth-order valence-electron chi connectivity index (χ4n) is 1.36. The van der Waals surface area contributed by atoms with Crippen molar-refractivity contribution < 1.29 is 9.53 Å². The molecule has 0 aliphatic rings. The molecule has 0 aliphatic heterocycles. The number of para-hydroxylation sites is 1. The first-order chi connectivity index (χ1) is 7.69. The van der Waals surface area contributed by atoms with Gasteiger partial charge >= 0.3 is 0 Å². The van der Waals surface area contributed by atoms with Gasteiger partial charge in [0.25, 0.3) is 0 Å². The van der Waals surface area contributed by atoms with Gasteiger partial charge in [-0.2, -0.15) is 0 Å². The maximum Gasteiger partial charge on any atom is 0.163 e. The summed E-state index contributed by atoms with van der Waals surface area (Å²) in [4.78, 5) is 11.4. The molecule has 0 aliphatic carbocycles. The van der Waals surface area contributed by atoms with Crippen molar-refractivity contribution in [3.05, 3.63) is 29.8 Å². The third-order valence-corrected chi connectivity index (χ3v) is 3.45. The number of carbonyl (C=O) groups is 1. The summed E-state index contributed by atoms with van der Waals surface area (Å²) in [5, 5.41) is 0.922. The summed E-state index contributed by atoms with van der Waals surface area (Å²) in [5.41, 5.74) is 0.659. The molecule has 88 valence electrons. The van der Waals surface area contributed by atoms with E-state index in [0.29, 0.717) is 23.8 Å². The number of alkyl halides is 1. The standard InChI is InChI=1S/C13H17BrO2/c1-3-11(8-14)9-16-13-7-5-4-6-12(13)10(2)15/h4-7,11H,3,8-9H2,1-2H3. The summed E-state index contributed by atoms with van der Waals surface area (Å²) in [6, 6.07) is 7.38. The third-order valence-electron chi connectivity index (χ3n) is 2.54. The van der Waals surface area contributed by atoms with Gasteiger partial charge in [-0.1, -0.05) is 35.0 Å². The van der Waals surface area contributed by atoms with Crippen molar-refractivity contribution in [2.24, 2.45) is 5.92 Å². The van der Waals surface area contributed by atoms with Gasteiger partial charge in [0, 0.05) is 11.2 Å². The molecular weight excluding hydrogens is 268 g/mol. The highest BCUT2D eigenvalue weighted by Crippen LogP contribution is 2.20. The van der Waals surface area contributed by atoms with E-state index in [9.17, 15) is 4.79 Å². The molecule has 0 radical (unpaired) electrons. The molecule has 0 aromatic heterocycles. The average molecular weight is 285 g/mol. The van der Waals surface area contributed by atoms with Crippen LogP contribution in [-0.2, 0) is 0 Å². The first-order valence-corrected chi connectivity index (χ1v) is 6.59. The van der Waals surface area contributed by atoms with Crippen LogP contribution in [0.3, 0.4) is 0 Å². The van der Waals surface area contributed by atoms with Gasteiger partial charge in [-0.3, -0.25) is 4.79 Å². The predicted molar refractivity (Wildman–Crippen MR) is 69.5 cm³/mol. The maximum atomic E-state index is 11.4. The van der Waals surface area contributed by atoms with Crippen LogP contribution in [0.25, 0.3) is 0 Å². The van der Waals surface area contributed by atoms with Crippen LogP contribution in [0.4, 0.5) is 0 Å². The second kappa shape index (κ2) is 6.69. The van der Waals surface area contributed by atoms with Gasteiger partial charge in [-0.15, -0.1) is 0 Å². The molecule has 0 spiro atoms. The molecule has 0 bridgehead atoms. The first-order valence-electron chi connectivity index (χ1n) is 5.47. The van der Waals surface area contributed by atoms with E-state index in [1.165, 1.54) is 0 Å². The molecule has 16 heavy (non-hydrogen) atoms. The molecule has 1 atom stereocenters. The fourth-order valence-corrected chi connectivity index (χ4v) is 2.01. The van der Waals surface area contributed by atoms with Crippen molar-refractivity contribution in [1.82, 2.24) is 0 Å². The van der Waals surface area contributed by atoms with Crippen molar-refractivity contribution in [2.75, 3.05) is 11.9 Å². The van der Waals surface area contributed by atoms with E-state index in [1.54, 1.807) is 13.0 Å². The van der Waals surface area contributed by atoms with Crippen molar-refractivity contribution in [1.29, 1.82) is 0 Å². The van der Waals surface area contributed by atoms with Gasteiger partial charge in [-0.25, -0.2) is 0 Å². The summed E-state index contributed by atoms with van der Waals surface area (Å²) in [5.74, 6) is 1.22. The lowest BCUT2D eigenvalue weighted by Crippen LogP contribution is -2.13. The van der Waals surface area contributed by atoms with Gasteiger partial charge < -0.3 is 4.74 Å². The SMILES string of the molecule is CCC(CBr)COc1ccccc1C(C)=O. The molecule has 0 saturated heterocycles. The predicted octanol–water partition coefficient (Wildman–Crippen LogP) is 3.69. The Morgan fingerprint density at radius 2 is 2.12 bits per heavy atom. The van der Waals surface area contributed by atoms with E-state index in [-0.39, 0.29) is 5.78 Å². The molecule has 0 amide bonds. The zero-order chi connectivity index (χ0) is 12.0. The number of hydrogen-bond acceptors (Lipinski definition) is 2. The molecule has 0 heterocycles. The van der Waals surface area contributed by atoms with Crippen LogP contribution in [0.5, 0.6) is 5.75 Å². The molecule has 3 heteroatoms. The largest absolute Gasteiger partial charge is 0.493 e. The minimum Gasteiger partial charge on any atom is -0.493 e. The molecule has 0 fully saturated rings. The van der Waals surface area contributed by atoms with Gasteiger partial charge in [0.05, 0.1) is 12.2 Å². The Kier molecular flexibility index (Phi) is 5.53. The molecule has 2 nitrogen and oxygen atoms in total. The Morgan fingerprint density at radius 1 is 1.44 bits per heavy atom. The second-order valence-electron chi connectivity index (χ2n) is 3.79. The summed E-state index contributed by atoms with van der Waals surface area (Å²) in [7, 11) is 0. The summed E-state index contributed by atoms with van der Waals surface area (Å²) in [6.07, 6.45) is 1.06. The van der Waals surface area contributed by atoms with Crippen molar-refractivity contribution in [2.45, 2.75) is 20.3 Å². The lowest BCUT2D eigenvalue weighted by atomic mass is 10.1. The van der Waals surface area contributed by atoms with E-state index in [2.05, 4.69) is 22.9 Å². The number of benzene rings is 1. The number of halogens is 1. The van der Waals surface area contributed by atoms with Gasteiger partial charge in [-0.05, 0) is 25.5 Å². The highest BCUT2D eigenvalue weighted by Gasteiger charge is 2.10. The van der Waals surface area contributed by atoms with E-state index < -0.39 is 0 Å². The van der Waals surface area contributed by atoms with Gasteiger partial charge in [0.1, 0.15) is 5.75 Å². The smallest absolute Gasteiger partial charge is 0.163 e. The lowest BCUT2D eigenvalue weighted by molar-refractivity contribution is 0.101. The monoisotopic (exact) mass is 284 g/mol. The summed E-state index contributed by atoms with van der Waals surface area (Å²) >= 11 is 3.45. The van der Waals surface area contributed by atoms with Crippen LogP contribution in [0, 0.1) is 5.92 Å². The summed E-state index contributed by atoms with van der Waals surface area (Å²) in [6.45, 7) is 4.34. The first kappa shape index (κ1) is 13.2. The Hall–Kier alpha value is -0.830. The normalized spacial score (nSPS) is 12.2. The van der Waals surface area contributed by atoms with Crippen LogP contribution in [0.1, 0.15) is 30.6 Å². The number of ether oxygens (including phenoxy) is 1. The van der Waals surface area contributed by atoms with Crippen LogP contribution in [-0.4, -0.2) is 17.7 Å². The summed E-state index contributed by atoms with van der Waals surface area (Å²) < 4.78 is 5.69. The minimum absolute atomic E-state index is 0.0440. The molecule has 0 N–H and O–H groups in total. The van der Waals surface area contributed by atoms with Crippen molar-refractivity contribution in [3.63, 3.8) is 0 Å². The van der Waals surface area contributed by atoms with E-state index in [4.69, 9.17) is 4.74 Å². The Bertz CT molecular complexity index is 346. The van der Waals surface area contributed by atoms with Crippen LogP contribution >= 0.6 is 15.9 Å². The molecule has 1 aromatic rings. The Balaban J connectivity index is 2.69. The number of carbonyl (C=O) groups excluding carboxylic acids is 1. The van der Waals surface area contributed by atoms with Crippen LogP contribution < -0.4 is 4.74 Å². The van der Waals surface area contributed by atoms with Crippen molar-refractivity contribution >= 4 is 21.7 Å². The van der Waals surface area contributed by atoms with E-state index in [1.807, 2.05) is 18.2 Å². The molecule has 1 rings (SSSR count). The molecule has 1 aromatic carbocycles. The highest BCUT2D eigenvalue weighted by molar-refractivity contribution is 9.09. The second-order valence-corrected chi connectivity index (χ2v) is 4.44.